The van der Waals surface area contributed by atoms with Crippen LogP contribution in [-0.4, -0.2) is 21.2 Å². The first-order valence-corrected chi connectivity index (χ1v) is 14.5. The zero-order valence-electron chi connectivity index (χ0n) is 21.2. The normalized spacial score (nSPS) is 10.9. The van der Waals surface area contributed by atoms with Crippen molar-refractivity contribution in [1.29, 1.82) is 0 Å². The molecular weight excluding hydrogens is 693 g/mol. The lowest BCUT2D eigenvalue weighted by Gasteiger charge is -2.12. The van der Waals surface area contributed by atoms with Gasteiger partial charge in [0.2, 0.25) is 17.8 Å². The Morgan fingerprint density at radius 2 is 1.29 bits per heavy atom. The van der Waals surface area contributed by atoms with Crippen molar-refractivity contribution in [1.82, 2.24) is 15.0 Å². The van der Waals surface area contributed by atoms with Gasteiger partial charge in [-0.3, -0.25) is 0 Å². The highest BCUT2D eigenvalue weighted by molar-refractivity contribution is 9.11. The van der Waals surface area contributed by atoms with Crippen LogP contribution in [0, 0.1) is 0 Å². The molecule has 0 saturated heterocycles. The third-order valence-electron chi connectivity index (χ3n) is 5.48. The van der Waals surface area contributed by atoms with E-state index >= 15 is 0 Å². The number of hydrogen-bond donors (Lipinski definition) is 3. The van der Waals surface area contributed by atoms with Crippen LogP contribution >= 0.6 is 55.1 Å². The average Bonchev–Trinajstić information content (AvgIpc) is 2.95. The van der Waals surface area contributed by atoms with Gasteiger partial charge in [0.05, 0.1) is 15.2 Å². The molecule has 41 heavy (non-hydrogen) atoms. The number of aromatic nitrogens is 3. The summed E-state index contributed by atoms with van der Waals surface area (Å²) in [4.78, 5) is 13.4. The van der Waals surface area contributed by atoms with Crippen LogP contribution in [0.25, 0.3) is 0 Å². The highest BCUT2D eigenvalue weighted by Crippen LogP contribution is 2.35. The van der Waals surface area contributed by atoms with E-state index in [9.17, 15) is 0 Å². The summed E-state index contributed by atoms with van der Waals surface area (Å²) in [6.07, 6.45) is 1.65. The van der Waals surface area contributed by atoms with Gasteiger partial charge in [0.25, 0.3) is 0 Å². The summed E-state index contributed by atoms with van der Waals surface area (Å²) in [5.74, 6) is 1.60. The molecule has 0 aliphatic rings. The summed E-state index contributed by atoms with van der Waals surface area (Å²) < 4.78 is 7.48. The summed E-state index contributed by atoms with van der Waals surface area (Å²) in [5, 5.41) is 11.8. The van der Waals surface area contributed by atoms with Crippen molar-refractivity contribution >= 4 is 90.5 Å². The van der Waals surface area contributed by atoms with Crippen LogP contribution in [0.4, 0.5) is 29.2 Å². The third-order valence-corrected chi connectivity index (χ3v) is 7.25. The number of benzene rings is 4. The summed E-state index contributed by atoms with van der Waals surface area (Å²) in [6.45, 7) is 0.278. The second-order valence-corrected chi connectivity index (χ2v) is 11.0. The van der Waals surface area contributed by atoms with Gasteiger partial charge in [-0.1, -0.05) is 65.7 Å². The standard InChI is InChI=1S/C29H21Br2Cl2N7O/c30-23-13-18(14-24(31)26(23)41-17-19-11-12-20(32)15-25(19)33)16-34-40-29-38-27(35-21-7-3-1-4-8-21)37-28(39-29)36-22-9-5-2-6-10-22/h1-16H,17H2,(H3,35,36,37,38,39,40)/b34-16-. The lowest BCUT2D eigenvalue weighted by Crippen LogP contribution is -2.07. The molecule has 1 heterocycles. The summed E-state index contributed by atoms with van der Waals surface area (Å²) >= 11 is 19.4. The Morgan fingerprint density at radius 1 is 0.732 bits per heavy atom. The fraction of sp³-hybridized carbons (Fsp3) is 0.0345. The molecule has 5 aromatic rings. The molecule has 3 N–H and O–H groups in total. The quantitative estimate of drug-likeness (QED) is 0.0981. The molecule has 1 aromatic heterocycles. The van der Waals surface area contributed by atoms with Crippen molar-refractivity contribution in [2.45, 2.75) is 6.61 Å². The van der Waals surface area contributed by atoms with Crippen molar-refractivity contribution < 1.29 is 4.74 Å². The number of rotatable bonds is 10. The summed E-state index contributed by atoms with van der Waals surface area (Å²) in [5.41, 5.74) is 6.20. The van der Waals surface area contributed by atoms with E-state index in [0.717, 1.165) is 31.4 Å². The number of ether oxygens (including phenoxy) is 1. The van der Waals surface area contributed by atoms with Crippen molar-refractivity contribution in [2.75, 3.05) is 16.1 Å². The minimum absolute atomic E-state index is 0.256. The molecule has 0 bridgehead atoms. The maximum atomic E-state index is 6.27. The predicted octanol–water partition coefficient (Wildman–Crippen LogP) is 9.22. The molecule has 206 valence electrons. The fourth-order valence-corrected chi connectivity index (χ4v) is 5.50. The Kier molecular flexibility index (Phi) is 9.68. The molecule has 0 aliphatic heterocycles. The molecule has 0 fully saturated rings. The van der Waals surface area contributed by atoms with E-state index in [-0.39, 0.29) is 12.6 Å². The maximum absolute atomic E-state index is 6.27. The number of hydrogen-bond acceptors (Lipinski definition) is 8. The number of hydrazone groups is 1. The summed E-state index contributed by atoms with van der Waals surface area (Å²) in [6, 6.07) is 28.3. The third kappa shape index (κ3) is 8.17. The van der Waals surface area contributed by atoms with E-state index in [4.69, 9.17) is 27.9 Å². The Bertz CT molecular complexity index is 1590. The maximum Gasteiger partial charge on any atom is 0.250 e. The largest absolute Gasteiger partial charge is 0.486 e. The topological polar surface area (TPSA) is 96.4 Å². The average molecular weight is 714 g/mol. The Labute approximate surface area is 263 Å². The van der Waals surface area contributed by atoms with Crippen molar-refractivity contribution in [3.05, 3.63) is 121 Å². The Morgan fingerprint density at radius 3 is 1.85 bits per heavy atom. The molecular formula is C29H21Br2Cl2N7O. The number of nitrogens with one attached hydrogen (secondary N) is 3. The van der Waals surface area contributed by atoms with Crippen molar-refractivity contribution in [3.8, 4) is 5.75 Å². The van der Waals surface area contributed by atoms with Gasteiger partial charge in [-0.05, 0) is 86.0 Å². The van der Waals surface area contributed by atoms with Gasteiger partial charge in [0.15, 0.2) is 0 Å². The van der Waals surface area contributed by atoms with E-state index < -0.39 is 0 Å². The zero-order chi connectivity index (χ0) is 28.6. The van der Waals surface area contributed by atoms with Gasteiger partial charge in [-0.25, -0.2) is 5.43 Å². The minimum atomic E-state index is 0.256. The SMILES string of the molecule is Clc1ccc(COc2c(Br)cc(/C=N\Nc3nc(Nc4ccccc4)nc(Nc4ccccc4)n3)cc2Br)c(Cl)c1. The lowest BCUT2D eigenvalue weighted by atomic mass is 10.2. The van der Waals surface area contributed by atoms with Crippen LogP contribution in [0.15, 0.2) is 105 Å². The van der Waals surface area contributed by atoms with Gasteiger partial charge in [-0.15, -0.1) is 0 Å². The number of para-hydroxylation sites is 2. The molecule has 5 rings (SSSR count). The number of anilines is 5. The van der Waals surface area contributed by atoms with Crippen LogP contribution < -0.4 is 20.8 Å². The van der Waals surface area contributed by atoms with E-state index in [2.05, 4.69) is 68.0 Å². The highest BCUT2D eigenvalue weighted by atomic mass is 79.9. The highest BCUT2D eigenvalue weighted by Gasteiger charge is 2.11. The predicted molar refractivity (Wildman–Crippen MR) is 173 cm³/mol. The minimum Gasteiger partial charge on any atom is -0.486 e. The first-order chi connectivity index (χ1) is 19.9. The molecule has 0 aliphatic carbocycles. The first kappa shape index (κ1) is 28.8. The molecule has 0 saturated carbocycles. The van der Waals surface area contributed by atoms with E-state index in [0.29, 0.717) is 27.7 Å². The Hall–Kier alpha value is -3.70. The lowest BCUT2D eigenvalue weighted by molar-refractivity contribution is 0.302. The van der Waals surface area contributed by atoms with Crippen LogP contribution in [-0.2, 0) is 6.61 Å². The van der Waals surface area contributed by atoms with Crippen LogP contribution in [0.2, 0.25) is 10.0 Å². The zero-order valence-corrected chi connectivity index (χ0v) is 25.8. The van der Waals surface area contributed by atoms with Gasteiger partial charge in [-0.2, -0.15) is 20.1 Å². The number of nitrogens with zero attached hydrogens (tertiary/aromatic N) is 4. The molecule has 0 radical (unpaired) electrons. The van der Waals surface area contributed by atoms with Gasteiger partial charge >= 0.3 is 0 Å². The molecule has 12 heteroatoms. The molecule has 0 atom stereocenters. The first-order valence-electron chi connectivity index (χ1n) is 12.2. The van der Waals surface area contributed by atoms with E-state index in [1.165, 1.54) is 0 Å². The molecule has 8 nitrogen and oxygen atoms in total. The van der Waals surface area contributed by atoms with Gasteiger partial charge < -0.3 is 15.4 Å². The van der Waals surface area contributed by atoms with E-state index in [1.807, 2.05) is 78.9 Å². The van der Waals surface area contributed by atoms with Crippen LogP contribution in [0.5, 0.6) is 5.75 Å². The number of halogens is 4. The fourth-order valence-electron chi connectivity index (χ4n) is 3.58. The van der Waals surface area contributed by atoms with Crippen LogP contribution in [0.3, 0.4) is 0 Å². The smallest absolute Gasteiger partial charge is 0.250 e. The Balaban J connectivity index is 1.31. The molecule has 0 unspecified atom stereocenters. The van der Waals surface area contributed by atoms with Gasteiger partial charge in [0, 0.05) is 27.0 Å². The molecule has 0 amide bonds. The van der Waals surface area contributed by atoms with Crippen LogP contribution in [0.1, 0.15) is 11.1 Å². The second kappa shape index (κ2) is 13.8. The molecule has 4 aromatic carbocycles. The van der Waals surface area contributed by atoms with Gasteiger partial charge in [0.1, 0.15) is 12.4 Å². The molecule has 0 spiro atoms. The monoisotopic (exact) mass is 711 g/mol. The summed E-state index contributed by atoms with van der Waals surface area (Å²) in [7, 11) is 0. The van der Waals surface area contributed by atoms with Crippen molar-refractivity contribution in [3.63, 3.8) is 0 Å². The van der Waals surface area contributed by atoms with E-state index in [1.54, 1.807) is 18.3 Å². The van der Waals surface area contributed by atoms with Crippen molar-refractivity contribution in [2.24, 2.45) is 5.10 Å². The second-order valence-electron chi connectivity index (χ2n) is 8.50.